The fourth-order valence-corrected chi connectivity index (χ4v) is 1.27. The van der Waals surface area contributed by atoms with Gasteiger partial charge in [-0.05, 0) is 30.5 Å². The molecule has 0 aromatic heterocycles. The highest BCUT2D eigenvalue weighted by Gasteiger charge is 2.03. The molecular weight excluding hydrogens is 170 g/mol. The Morgan fingerprint density at radius 3 is 2.42 bits per heavy atom. The molecule has 1 nitrogen and oxygen atoms in total. The molecule has 0 bridgehead atoms. The molecule has 1 atom stereocenters. The zero-order chi connectivity index (χ0) is 8.27. The van der Waals surface area contributed by atoms with E-state index in [1.54, 1.807) is 0 Å². The van der Waals surface area contributed by atoms with Gasteiger partial charge in [0, 0.05) is 0 Å². The van der Waals surface area contributed by atoms with Gasteiger partial charge in [0.25, 0.3) is 0 Å². The van der Waals surface area contributed by atoms with Gasteiger partial charge in [0.05, 0.1) is 0 Å². The summed E-state index contributed by atoms with van der Waals surface area (Å²) in [6, 6.07) is 8.39. The van der Waals surface area contributed by atoms with Crippen molar-refractivity contribution < 1.29 is 0 Å². The van der Waals surface area contributed by atoms with Gasteiger partial charge in [-0.1, -0.05) is 31.2 Å². The third-order valence-electron chi connectivity index (χ3n) is 2.07. The van der Waals surface area contributed by atoms with E-state index in [1.165, 1.54) is 11.1 Å². The molecule has 0 aliphatic rings. The van der Waals surface area contributed by atoms with E-state index in [-0.39, 0.29) is 12.4 Å². The van der Waals surface area contributed by atoms with Crippen LogP contribution in [0.15, 0.2) is 24.3 Å². The second-order valence-electron chi connectivity index (χ2n) is 2.99. The minimum absolute atomic E-state index is 0. The standard InChI is InChI=1S/C10H15N.ClH/c1-8-5-3-4-6-10(8)9(2)7-11;/h3-6,9H,7,11H2,1-2H3;1H. The SMILES string of the molecule is Cc1ccccc1C(C)CN.Cl. The van der Waals surface area contributed by atoms with Crippen LogP contribution in [0.3, 0.4) is 0 Å². The van der Waals surface area contributed by atoms with Crippen LogP contribution in [0.4, 0.5) is 0 Å². The summed E-state index contributed by atoms with van der Waals surface area (Å²) >= 11 is 0. The first kappa shape index (κ1) is 11.5. The lowest BCUT2D eigenvalue weighted by Gasteiger charge is -2.11. The summed E-state index contributed by atoms with van der Waals surface area (Å²) in [5.74, 6) is 0.483. The van der Waals surface area contributed by atoms with Crippen molar-refractivity contribution in [2.45, 2.75) is 19.8 Å². The first-order chi connectivity index (χ1) is 5.25. The van der Waals surface area contributed by atoms with E-state index in [2.05, 4.69) is 38.1 Å². The quantitative estimate of drug-likeness (QED) is 0.753. The summed E-state index contributed by atoms with van der Waals surface area (Å²) in [6.45, 7) is 5.01. The molecule has 1 rings (SSSR count). The van der Waals surface area contributed by atoms with Crippen LogP contribution in [0.25, 0.3) is 0 Å². The summed E-state index contributed by atoms with van der Waals surface area (Å²) in [6.07, 6.45) is 0. The largest absolute Gasteiger partial charge is 0.330 e. The average molecular weight is 186 g/mol. The molecular formula is C10H16ClN. The third kappa shape index (κ3) is 2.50. The molecule has 0 saturated heterocycles. The number of aryl methyl sites for hydroxylation is 1. The Hall–Kier alpha value is -0.530. The maximum absolute atomic E-state index is 5.57. The monoisotopic (exact) mass is 185 g/mol. The Bertz CT molecular complexity index is 235. The van der Waals surface area contributed by atoms with Gasteiger partial charge < -0.3 is 5.73 Å². The Kier molecular flexibility index (Phi) is 4.95. The molecule has 0 aliphatic heterocycles. The topological polar surface area (TPSA) is 26.0 Å². The molecule has 0 radical (unpaired) electrons. The fraction of sp³-hybridized carbons (Fsp3) is 0.400. The molecule has 0 fully saturated rings. The van der Waals surface area contributed by atoms with Crippen LogP contribution >= 0.6 is 12.4 Å². The maximum Gasteiger partial charge on any atom is -0.00108 e. The molecule has 1 aromatic rings. The fourth-order valence-electron chi connectivity index (χ4n) is 1.27. The average Bonchev–Trinajstić information content (AvgIpc) is 2.04. The van der Waals surface area contributed by atoms with Crippen LogP contribution in [-0.2, 0) is 0 Å². The van der Waals surface area contributed by atoms with Crippen molar-refractivity contribution in [3.8, 4) is 0 Å². The number of rotatable bonds is 2. The summed E-state index contributed by atoms with van der Waals surface area (Å²) in [5.41, 5.74) is 8.28. The van der Waals surface area contributed by atoms with Gasteiger partial charge in [-0.25, -0.2) is 0 Å². The number of benzene rings is 1. The first-order valence-electron chi connectivity index (χ1n) is 4.01. The van der Waals surface area contributed by atoms with Crippen LogP contribution in [0.5, 0.6) is 0 Å². The van der Waals surface area contributed by atoms with Crippen LogP contribution in [0, 0.1) is 6.92 Å². The van der Waals surface area contributed by atoms with Crippen LogP contribution in [0.2, 0.25) is 0 Å². The highest BCUT2D eigenvalue weighted by Crippen LogP contribution is 2.17. The Balaban J connectivity index is 0.00000121. The molecule has 0 heterocycles. The van der Waals surface area contributed by atoms with Crippen molar-refractivity contribution in [2.75, 3.05) is 6.54 Å². The van der Waals surface area contributed by atoms with Gasteiger partial charge >= 0.3 is 0 Å². The summed E-state index contributed by atoms with van der Waals surface area (Å²) < 4.78 is 0. The molecule has 2 N–H and O–H groups in total. The highest BCUT2D eigenvalue weighted by molar-refractivity contribution is 5.85. The maximum atomic E-state index is 5.57. The van der Waals surface area contributed by atoms with Gasteiger partial charge in [-0.2, -0.15) is 0 Å². The molecule has 0 saturated carbocycles. The Labute approximate surface area is 80.4 Å². The van der Waals surface area contributed by atoms with Gasteiger partial charge in [0.1, 0.15) is 0 Å². The molecule has 1 aromatic carbocycles. The van der Waals surface area contributed by atoms with E-state index in [0.717, 1.165) is 6.54 Å². The normalized spacial score (nSPS) is 11.9. The van der Waals surface area contributed by atoms with Gasteiger partial charge in [0.2, 0.25) is 0 Å². The van der Waals surface area contributed by atoms with E-state index in [9.17, 15) is 0 Å². The van der Waals surface area contributed by atoms with Gasteiger partial charge in [-0.15, -0.1) is 12.4 Å². The van der Waals surface area contributed by atoms with Crippen LogP contribution < -0.4 is 5.73 Å². The number of nitrogens with two attached hydrogens (primary N) is 1. The predicted octanol–water partition coefficient (Wildman–Crippen LogP) is 2.48. The lowest BCUT2D eigenvalue weighted by atomic mass is 9.97. The number of hydrogen-bond acceptors (Lipinski definition) is 1. The van der Waals surface area contributed by atoms with E-state index in [0.29, 0.717) is 5.92 Å². The molecule has 1 unspecified atom stereocenters. The van der Waals surface area contributed by atoms with Crippen molar-refractivity contribution in [1.82, 2.24) is 0 Å². The third-order valence-corrected chi connectivity index (χ3v) is 2.07. The first-order valence-corrected chi connectivity index (χ1v) is 4.01. The molecule has 0 aliphatic carbocycles. The number of hydrogen-bond donors (Lipinski definition) is 1. The van der Waals surface area contributed by atoms with Crippen molar-refractivity contribution in [2.24, 2.45) is 5.73 Å². The van der Waals surface area contributed by atoms with Crippen molar-refractivity contribution in [3.05, 3.63) is 35.4 Å². The predicted molar refractivity (Wildman–Crippen MR) is 55.9 cm³/mol. The molecule has 2 heteroatoms. The second kappa shape index (κ2) is 5.18. The lowest BCUT2D eigenvalue weighted by molar-refractivity contribution is 0.768. The van der Waals surface area contributed by atoms with Crippen molar-refractivity contribution in [1.29, 1.82) is 0 Å². The van der Waals surface area contributed by atoms with Crippen molar-refractivity contribution >= 4 is 12.4 Å². The Morgan fingerprint density at radius 2 is 1.92 bits per heavy atom. The zero-order valence-electron chi connectivity index (χ0n) is 7.58. The number of halogens is 1. The van der Waals surface area contributed by atoms with E-state index in [4.69, 9.17) is 5.73 Å². The van der Waals surface area contributed by atoms with E-state index < -0.39 is 0 Å². The van der Waals surface area contributed by atoms with Crippen molar-refractivity contribution in [3.63, 3.8) is 0 Å². The van der Waals surface area contributed by atoms with Crippen LogP contribution in [-0.4, -0.2) is 6.54 Å². The molecule has 12 heavy (non-hydrogen) atoms. The summed E-state index contributed by atoms with van der Waals surface area (Å²) in [4.78, 5) is 0. The van der Waals surface area contributed by atoms with Gasteiger partial charge in [0.15, 0.2) is 0 Å². The van der Waals surface area contributed by atoms with Crippen LogP contribution in [0.1, 0.15) is 24.0 Å². The second-order valence-corrected chi connectivity index (χ2v) is 2.99. The van der Waals surface area contributed by atoms with E-state index in [1.807, 2.05) is 0 Å². The molecule has 0 amide bonds. The van der Waals surface area contributed by atoms with Gasteiger partial charge in [-0.3, -0.25) is 0 Å². The summed E-state index contributed by atoms with van der Waals surface area (Å²) in [7, 11) is 0. The minimum Gasteiger partial charge on any atom is -0.330 e. The Morgan fingerprint density at radius 1 is 1.33 bits per heavy atom. The highest BCUT2D eigenvalue weighted by atomic mass is 35.5. The zero-order valence-corrected chi connectivity index (χ0v) is 8.40. The molecule has 68 valence electrons. The minimum atomic E-state index is 0. The van der Waals surface area contributed by atoms with E-state index >= 15 is 0 Å². The molecule has 0 spiro atoms. The lowest BCUT2D eigenvalue weighted by Crippen LogP contribution is -2.09. The summed E-state index contributed by atoms with van der Waals surface area (Å²) in [5, 5.41) is 0. The smallest absolute Gasteiger partial charge is 0.00108 e.